The van der Waals surface area contributed by atoms with Crippen LogP contribution in [0.5, 0.6) is 0 Å². The van der Waals surface area contributed by atoms with Crippen molar-refractivity contribution in [2.75, 3.05) is 0 Å². The highest BCUT2D eigenvalue weighted by molar-refractivity contribution is 7.11. The first-order valence-corrected chi connectivity index (χ1v) is 7.02. The molecule has 90 valence electrons. The minimum atomic E-state index is 0.00833. The predicted molar refractivity (Wildman–Crippen MR) is 69.8 cm³/mol. The Labute approximate surface area is 102 Å². The molecule has 3 heteroatoms. The SMILES string of the molecule is Cc1nc(CC2(N)CCCC(C)C2)sc1C. The molecule has 0 bridgehead atoms. The predicted octanol–water partition coefficient (Wildman–Crippen LogP) is 3.21. The summed E-state index contributed by atoms with van der Waals surface area (Å²) in [5, 5.41) is 1.23. The van der Waals surface area contributed by atoms with E-state index in [1.807, 2.05) is 11.3 Å². The van der Waals surface area contributed by atoms with E-state index in [2.05, 4.69) is 25.8 Å². The maximum absolute atomic E-state index is 6.51. The second-order valence-electron chi connectivity index (χ2n) is 5.49. The summed E-state index contributed by atoms with van der Waals surface area (Å²) in [6.07, 6.45) is 5.91. The van der Waals surface area contributed by atoms with Crippen molar-refractivity contribution in [2.45, 2.75) is 58.4 Å². The molecule has 2 N–H and O–H groups in total. The van der Waals surface area contributed by atoms with Crippen LogP contribution in [0.15, 0.2) is 0 Å². The van der Waals surface area contributed by atoms with Crippen LogP contribution >= 0.6 is 11.3 Å². The molecular weight excluding hydrogens is 216 g/mol. The summed E-state index contributed by atoms with van der Waals surface area (Å²) in [4.78, 5) is 5.95. The van der Waals surface area contributed by atoms with Crippen molar-refractivity contribution < 1.29 is 0 Å². The van der Waals surface area contributed by atoms with Crippen molar-refractivity contribution in [3.63, 3.8) is 0 Å². The van der Waals surface area contributed by atoms with Gasteiger partial charge in [-0.25, -0.2) is 4.98 Å². The normalized spacial score (nSPS) is 30.6. The van der Waals surface area contributed by atoms with Gasteiger partial charge in [-0.15, -0.1) is 11.3 Å². The average Bonchev–Trinajstić information content (AvgIpc) is 2.43. The molecule has 2 atom stereocenters. The number of hydrogen-bond acceptors (Lipinski definition) is 3. The first kappa shape index (κ1) is 12.1. The molecular formula is C13H22N2S. The Bertz CT molecular complexity index is 353. The first-order chi connectivity index (χ1) is 7.48. The van der Waals surface area contributed by atoms with Crippen LogP contribution in [0.2, 0.25) is 0 Å². The molecule has 0 spiro atoms. The van der Waals surface area contributed by atoms with Gasteiger partial charge in [0.25, 0.3) is 0 Å². The quantitative estimate of drug-likeness (QED) is 0.859. The van der Waals surface area contributed by atoms with E-state index in [4.69, 9.17) is 5.73 Å². The fourth-order valence-corrected chi connectivity index (χ4v) is 3.87. The average molecular weight is 238 g/mol. The standard InChI is InChI=1S/C13H22N2S/c1-9-5-4-6-13(14,7-9)8-12-15-10(2)11(3)16-12/h9H,4-8,14H2,1-3H3. The highest BCUT2D eigenvalue weighted by Gasteiger charge is 2.32. The molecule has 0 aliphatic heterocycles. The van der Waals surface area contributed by atoms with Crippen LogP contribution in [-0.2, 0) is 6.42 Å². The maximum Gasteiger partial charge on any atom is 0.0949 e. The highest BCUT2D eigenvalue weighted by Crippen LogP contribution is 2.33. The van der Waals surface area contributed by atoms with E-state index in [9.17, 15) is 0 Å². The van der Waals surface area contributed by atoms with Crippen molar-refractivity contribution in [3.8, 4) is 0 Å². The molecule has 1 aliphatic rings. The molecule has 1 heterocycles. The number of nitrogens with two attached hydrogens (primary N) is 1. The van der Waals surface area contributed by atoms with Crippen LogP contribution in [0, 0.1) is 19.8 Å². The Kier molecular flexibility index (Phi) is 3.36. The van der Waals surface area contributed by atoms with Gasteiger partial charge in [-0.1, -0.05) is 19.8 Å². The Hall–Kier alpha value is -0.410. The molecule has 2 nitrogen and oxygen atoms in total. The summed E-state index contributed by atoms with van der Waals surface area (Å²) in [6.45, 7) is 6.55. The Balaban J connectivity index is 2.07. The molecule has 1 saturated carbocycles. The lowest BCUT2D eigenvalue weighted by Gasteiger charge is -2.36. The molecule has 0 amide bonds. The third-order valence-corrected chi connectivity index (χ3v) is 4.78. The summed E-state index contributed by atoms with van der Waals surface area (Å²) in [5.41, 5.74) is 7.69. The van der Waals surface area contributed by atoms with Crippen molar-refractivity contribution in [2.24, 2.45) is 11.7 Å². The molecule has 1 aliphatic carbocycles. The van der Waals surface area contributed by atoms with Gasteiger partial charge >= 0.3 is 0 Å². The van der Waals surface area contributed by atoms with E-state index in [-0.39, 0.29) is 5.54 Å². The van der Waals surface area contributed by atoms with Gasteiger partial charge in [-0.05, 0) is 32.6 Å². The van der Waals surface area contributed by atoms with Crippen LogP contribution in [-0.4, -0.2) is 10.5 Å². The van der Waals surface area contributed by atoms with Gasteiger partial charge in [0.05, 0.1) is 10.7 Å². The topological polar surface area (TPSA) is 38.9 Å². The molecule has 0 saturated heterocycles. The van der Waals surface area contributed by atoms with Gasteiger partial charge in [-0.2, -0.15) is 0 Å². The van der Waals surface area contributed by atoms with Crippen LogP contribution in [0.1, 0.15) is 48.2 Å². The molecule has 1 fully saturated rings. The van der Waals surface area contributed by atoms with E-state index >= 15 is 0 Å². The van der Waals surface area contributed by atoms with Crippen LogP contribution in [0.25, 0.3) is 0 Å². The van der Waals surface area contributed by atoms with E-state index in [0.717, 1.165) is 25.2 Å². The highest BCUT2D eigenvalue weighted by atomic mass is 32.1. The van der Waals surface area contributed by atoms with Gasteiger partial charge in [0.1, 0.15) is 0 Å². The lowest BCUT2D eigenvalue weighted by molar-refractivity contribution is 0.235. The number of thiazole rings is 1. The van der Waals surface area contributed by atoms with E-state index in [1.165, 1.54) is 28.4 Å². The van der Waals surface area contributed by atoms with Crippen molar-refractivity contribution in [1.29, 1.82) is 0 Å². The second kappa shape index (κ2) is 4.46. The summed E-state index contributed by atoms with van der Waals surface area (Å²) < 4.78 is 0. The van der Waals surface area contributed by atoms with Crippen LogP contribution in [0.3, 0.4) is 0 Å². The largest absolute Gasteiger partial charge is 0.325 e. The van der Waals surface area contributed by atoms with Gasteiger partial charge in [0.2, 0.25) is 0 Å². The molecule has 2 rings (SSSR count). The summed E-state index contributed by atoms with van der Waals surface area (Å²) >= 11 is 1.82. The Morgan fingerprint density at radius 1 is 1.50 bits per heavy atom. The minimum absolute atomic E-state index is 0.00833. The lowest BCUT2D eigenvalue weighted by Crippen LogP contribution is -2.45. The van der Waals surface area contributed by atoms with Crippen molar-refractivity contribution in [3.05, 3.63) is 15.6 Å². The third kappa shape index (κ3) is 2.64. The molecule has 1 aromatic rings. The summed E-state index contributed by atoms with van der Waals surface area (Å²) in [5.74, 6) is 0.779. The molecule has 0 aromatic carbocycles. The summed E-state index contributed by atoms with van der Waals surface area (Å²) in [6, 6.07) is 0. The molecule has 16 heavy (non-hydrogen) atoms. The number of hydrogen-bond donors (Lipinski definition) is 1. The van der Waals surface area contributed by atoms with Gasteiger partial charge in [-0.3, -0.25) is 0 Å². The van der Waals surface area contributed by atoms with E-state index in [1.54, 1.807) is 0 Å². The monoisotopic (exact) mass is 238 g/mol. The zero-order valence-corrected chi connectivity index (χ0v) is 11.4. The second-order valence-corrected chi connectivity index (χ2v) is 6.78. The fraction of sp³-hybridized carbons (Fsp3) is 0.769. The zero-order valence-electron chi connectivity index (χ0n) is 10.5. The van der Waals surface area contributed by atoms with Crippen molar-refractivity contribution in [1.82, 2.24) is 4.98 Å². The van der Waals surface area contributed by atoms with E-state index in [0.29, 0.717) is 0 Å². The number of aromatic nitrogens is 1. The van der Waals surface area contributed by atoms with Gasteiger partial charge in [0.15, 0.2) is 0 Å². The zero-order chi connectivity index (χ0) is 11.8. The van der Waals surface area contributed by atoms with Gasteiger partial charge < -0.3 is 5.73 Å². The Morgan fingerprint density at radius 3 is 2.81 bits per heavy atom. The lowest BCUT2D eigenvalue weighted by atomic mass is 9.75. The number of rotatable bonds is 2. The number of nitrogens with zero attached hydrogens (tertiary/aromatic N) is 1. The maximum atomic E-state index is 6.51. The number of aryl methyl sites for hydroxylation is 2. The Morgan fingerprint density at radius 2 is 2.25 bits per heavy atom. The van der Waals surface area contributed by atoms with Crippen LogP contribution < -0.4 is 5.73 Å². The smallest absolute Gasteiger partial charge is 0.0949 e. The molecule has 1 aromatic heterocycles. The molecule has 2 unspecified atom stereocenters. The molecule has 0 radical (unpaired) electrons. The fourth-order valence-electron chi connectivity index (χ4n) is 2.78. The minimum Gasteiger partial charge on any atom is -0.325 e. The first-order valence-electron chi connectivity index (χ1n) is 6.20. The van der Waals surface area contributed by atoms with Crippen molar-refractivity contribution >= 4 is 11.3 Å². The third-order valence-electron chi connectivity index (χ3n) is 3.70. The van der Waals surface area contributed by atoms with Crippen LogP contribution in [0.4, 0.5) is 0 Å². The van der Waals surface area contributed by atoms with E-state index < -0.39 is 0 Å². The van der Waals surface area contributed by atoms with Gasteiger partial charge in [0, 0.05) is 16.8 Å². The summed E-state index contributed by atoms with van der Waals surface area (Å²) in [7, 11) is 0.